The van der Waals surface area contributed by atoms with Crippen LogP contribution in [0.5, 0.6) is 0 Å². The summed E-state index contributed by atoms with van der Waals surface area (Å²) in [5, 5.41) is 12.5. The summed E-state index contributed by atoms with van der Waals surface area (Å²) in [4.78, 5) is 15.8. The molecule has 1 amide bonds. The molecule has 1 aliphatic rings. The van der Waals surface area contributed by atoms with Gasteiger partial charge in [-0.3, -0.25) is 4.79 Å². The second-order valence-corrected chi connectivity index (χ2v) is 7.89. The average Bonchev–Trinajstić information content (AvgIpc) is 3.30. The molecular formula is C18H29N6O2+. The molecule has 26 heavy (non-hydrogen) atoms. The normalized spacial score (nSPS) is 17.5. The SMILES string of the molecule is CCC[C@@H](c1nnnn1C(C)(C)C)[NH+]1CCN(C(=O)c2ccco2)CC1. The highest BCUT2D eigenvalue weighted by Gasteiger charge is 2.35. The summed E-state index contributed by atoms with van der Waals surface area (Å²) in [6.45, 7) is 11.7. The Kier molecular flexibility index (Phi) is 5.41. The Bertz CT molecular complexity index is 710. The lowest BCUT2D eigenvalue weighted by Gasteiger charge is -2.36. The van der Waals surface area contributed by atoms with Gasteiger partial charge in [-0.2, -0.15) is 0 Å². The van der Waals surface area contributed by atoms with Gasteiger partial charge in [0.05, 0.1) is 38.0 Å². The van der Waals surface area contributed by atoms with E-state index in [0.717, 1.165) is 31.8 Å². The number of rotatable bonds is 5. The predicted octanol–water partition coefficient (Wildman–Crippen LogP) is 0.903. The monoisotopic (exact) mass is 361 g/mol. The maximum absolute atomic E-state index is 12.5. The van der Waals surface area contributed by atoms with Crippen molar-refractivity contribution in [2.24, 2.45) is 0 Å². The number of tetrazole rings is 1. The number of hydrogen-bond donors (Lipinski definition) is 1. The summed E-state index contributed by atoms with van der Waals surface area (Å²) in [6, 6.07) is 3.71. The molecule has 2 aromatic rings. The molecular weight excluding hydrogens is 332 g/mol. The van der Waals surface area contributed by atoms with Crippen molar-refractivity contribution in [3.63, 3.8) is 0 Å². The predicted molar refractivity (Wildman–Crippen MR) is 95.8 cm³/mol. The van der Waals surface area contributed by atoms with Crippen LogP contribution in [0.2, 0.25) is 0 Å². The van der Waals surface area contributed by atoms with Crippen LogP contribution in [0.4, 0.5) is 0 Å². The third kappa shape index (κ3) is 3.80. The Morgan fingerprint density at radius 3 is 2.65 bits per heavy atom. The number of piperazine rings is 1. The number of furan rings is 1. The number of carbonyl (C=O) groups is 1. The molecule has 3 heterocycles. The van der Waals surface area contributed by atoms with E-state index < -0.39 is 0 Å². The van der Waals surface area contributed by atoms with E-state index in [-0.39, 0.29) is 17.5 Å². The van der Waals surface area contributed by atoms with Crippen LogP contribution in [-0.4, -0.2) is 57.2 Å². The molecule has 2 aromatic heterocycles. The number of nitrogens with zero attached hydrogens (tertiary/aromatic N) is 5. The molecule has 0 unspecified atom stereocenters. The molecule has 0 radical (unpaired) electrons. The Morgan fingerprint density at radius 2 is 2.08 bits per heavy atom. The number of hydrogen-bond acceptors (Lipinski definition) is 5. The summed E-state index contributed by atoms with van der Waals surface area (Å²) >= 11 is 0. The van der Waals surface area contributed by atoms with Crippen LogP contribution in [-0.2, 0) is 5.54 Å². The van der Waals surface area contributed by atoms with Gasteiger partial charge in [-0.15, -0.1) is 5.10 Å². The highest BCUT2D eigenvalue weighted by Crippen LogP contribution is 2.20. The van der Waals surface area contributed by atoms with E-state index in [4.69, 9.17) is 4.42 Å². The fourth-order valence-electron chi connectivity index (χ4n) is 3.60. The largest absolute Gasteiger partial charge is 0.459 e. The minimum atomic E-state index is -0.151. The number of quaternary nitrogens is 1. The van der Waals surface area contributed by atoms with E-state index in [0.29, 0.717) is 18.8 Å². The molecule has 1 atom stereocenters. The Labute approximate surface area is 154 Å². The first-order valence-electron chi connectivity index (χ1n) is 9.38. The van der Waals surface area contributed by atoms with Gasteiger partial charge in [0, 0.05) is 6.42 Å². The summed E-state index contributed by atoms with van der Waals surface area (Å²) in [7, 11) is 0. The van der Waals surface area contributed by atoms with Crippen molar-refractivity contribution in [2.75, 3.05) is 26.2 Å². The second kappa shape index (κ2) is 7.57. The Morgan fingerprint density at radius 1 is 1.35 bits per heavy atom. The van der Waals surface area contributed by atoms with Gasteiger partial charge in [0.2, 0.25) is 5.82 Å². The molecule has 0 aliphatic carbocycles. The summed E-state index contributed by atoms with van der Waals surface area (Å²) in [5.41, 5.74) is -0.151. The highest BCUT2D eigenvalue weighted by atomic mass is 16.3. The molecule has 1 fully saturated rings. The van der Waals surface area contributed by atoms with Crippen molar-refractivity contribution < 1.29 is 14.1 Å². The lowest BCUT2D eigenvalue weighted by Crippen LogP contribution is -3.15. The van der Waals surface area contributed by atoms with Crippen LogP contribution in [0.25, 0.3) is 0 Å². The molecule has 1 aliphatic heterocycles. The first-order valence-corrected chi connectivity index (χ1v) is 9.38. The fourth-order valence-corrected chi connectivity index (χ4v) is 3.60. The molecule has 3 rings (SSSR count). The lowest BCUT2D eigenvalue weighted by atomic mass is 10.0. The van der Waals surface area contributed by atoms with Crippen molar-refractivity contribution in [1.29, 1.82) is 0 Å². The number of nitrogens with one attached hydrogen (secondary N) is 1. The highest BCUT2D eigenvalue weighted by molar-refractivity contribution is 5.91. The fraction of sp³-hybridized carbons (Fsp3) is 0.667. The summed E-state index contributed by atoms with van der Waals surface area (Å²) in [6.07, 6.45) is 3.64. The topological polar surface area (TPSA) is 81.5 Å². The van der Waals surface area contributed by atoms with Crippen molar-refractivity contribution >= 4 is 5.91 Å². The molecule has 1 saturated heterocycles. The minimum absolute atomic E-state index is 0.0272. The number of amides is 1. The molecule has 0 spiro atoms. The molecule has 0 saturated carbocycles. The van der Waals surface area contributed by atoms with Gasteiger partial charge in [0.15, 0.2) is 5.76 Å². The van der Waals surface area contributed by atoms with Gasteiger partial charge in [-0.25, -0.2) is 4.68 Å². The maximum atomic E-state index is 12.5. The van der Waals surface area contributed by atoms with Crippen LogP contribution in [0.3, 0.4) is 0 Å². The maximum Gasteiger partial charge on any atom is 0.289 e. The van der Waals surface area contributed by atoms with Gasteiger partial charge in [0.1, 0.15) is 6.04 Å². The smallest absolute Gasteiger partial charge is 0.289 e. The standard InChI is InChI=1S/C18H28N6O2/c1-5-7-14(16-19-20-21-24(16)18(2,3)4)22-9-11-23(12-10-22)17(25)15-8-6-13-26-15/h6,8,13-14H,5,7,9-12H2,1-4H3/p+1/t14-/m0/s1. The van der Waals surface area contributed by atoms with Gasteiger partial charge in [0.25, 0.3) is 5.91 Å². The van der Waals surface area contributed by atoms with Crippen LogP contribution >= 0.6 is 0 Å². The van der Waals surface area contributed by atoms with Crippen molar-refractivity contribution in [2.45, 2.75) is 52.1 Å². The zero-order chi connectivity index (χ0) is 18.7. The second-order valence-electron chi connectivity index (χ2n) is 7.89. The zero-order valence-corrected chi connectivity index (χ0v) is 16.1. The lowest BCUT2D eigenvalue weighted by molar-refractivity contribution is -0.936. The van der Waals surface area contributed by atoms with E-state index >= 15 is 0 Å². The van der Waals surface area contributed by atoms with Crippen LogP contribution in [0.1, 0.15) is 63.0 Å². The van der Waals surface area contributed by atoms with Crippen molar-refractivity contribution in [3.8, 4) is 0 Å². The van der Waals surface area contributed by atoms with Crippen molar-refractivity contribution in [1.82, 2.24) is 25.1 Å². The van der Waals surface area contributed by atoms with Crippen LogP contribution < -0.4 is 4.90 Å². The first kappa shape index (κ1) is 18.6. The van der Waals surface area contributed by atoms with Gasteiger partial charge >= 0.3 is 0 Å². The third-order valence-electron chi connectivity index (χ3n) is 4.94. The molecule has 8 heteroatoms. The van der Waals surface area contributed by atoms with Gasteiger partial charge in [-0.05, 0) is 43.3 Å². The quantitative estimate of drug-likeness (QED) is 0.856. The molecule has 8 nitrogen and oxygen atoms in total. The molecule has 0 bridgehead atoms. The van der Waals surface area contributed by atoms with E-state index in [1.54, 1.807) is 18.4 Å². The van der Waals surface area contributed by atoms with Gasteiger partial charge < -0.3 is 14.2 Å². The molecule has 142 valence electrons. The minimum Gasteiger partial charge on any atom is -0.459 e. The Balaban J connectivity index is 1.71. The summed E-state index contributed by atoms with van der Waals surface area (Å²) in [5.74, 6) is 1.33. The van der Waals surface area contributed by atoms with E-state index in [2.05, 4.69) is 43.2 Å². The molecule has 1 N–H and O–H groups in total. The van der Waals surface area contributed by atoms with Crippen LogP contribution in [0, 0.1) is 0 Å². The Hall–Kier alpha value is -2.22. The average molecular weight is 361 g/mol. The van der Waals surface area contributed by atoms with Gasteiger partial charge in [-0.1, -0.05) is 13.3 Å². The number of carbonyl (C=O) groups excluding carboxylic acids is 1. The first-order chi connectivity index (χ1) is 12.4. The van der Waals surface area contributed by atoms with Crippen LogP contribution in [0.15, 0.2) is 22.8 Å². The van der Waals surface area contributed by atoms with E-state index in [1.165, 1.54) is 4.90 Å². The van der Waals surface area contributed by atoms with Crippen molar-refractivity contribution in [3.05, 3.63) is 30.0 Å². The zero-order valence-electron chi connectivity index (χ0n) is 16.1. The van der Waals surface area contributed by atoms with E-state index in [1.807, 2.05) is 9.58 Å². The van der Waals surface area contributed by atoms with E-state index in [9.17, 15) is 4.79 Å². The number of aromatic nitrogens is 4. The summed E-state index contributed by atoms with van der Waals surface area (Å²) < 4.78 is 7.19. The third-order valence-corrected chi connectivity index (χ3v) is 4.94. The molecule has 0 aromatic carbocycles.